The maximum absolute atomic E-state index is 13.7. The number of cyclic esters (lactones) is 1. The number of carbonyl (C=O) groups is 1. The second-order valence-corrected chi connectivity index (χ2v) is 9.20. The van der Waals surface area contributed by atoms with Gasteiger partial charge in [0.15, 0.2) is 11.8 Å². The lowest BCUT2D eigenvalue weighted by atomic mass is 9.86. The van der Waals surface area contributed by atoms with Crippen LogP contribution >= 0.6 is 0 Å². The SMILES string of the molecule is CCC1(O)C(=O)OCc2c1cc1n(c2=O)C(OC)c2c-1nc1c(C)c(C)c(C)c(C)c1c2C. The van der Waals surface area contributed by atoms with Crippen LogP contribution in [-0.4, -0.2) is 27.7 Å². The van der Waals surface area contributed by atoms with E-state index in [1.54, 1.807) is 24.7 Å². The van der Waals surface area contributed by atoms with E-state index in [4.69, 9.17) is 14.5 Å². The van der Waals surface area contributed by atoms with E-state index in [1.807, 2.05) is 6.92 Å². The van der Waals surface area contributed by atoms with E-state index >= 15 is 0 Å². The molecule has 7 heteroatoms. The molecule has 0 radical (unpaired) electrons. The zero-order valence-corrected chi connectivity index (χ0v) is 20.0. The molecule has 0 amide bonds. The second-order valence-electron chi connectivity index (χ2n) is 9.20. The van der Waals surface area contributed by atoms with Crippen molar-refractivity contribution >= 4 is 16.9 Å². The summed E-state index contributed by atoms with van der Waals surface area (Å²) >= 11 is 0. The molecule has 0 saturated carbocycles. The first-order valence-electron chi connectivity index (χ1n) is 11.2. The molecule has 33 heavy (non-hydrogen) atoms. The molecule has 1 aromatic carbocycles. The van der Waals surface area contributed by atoms with E-state index in [9.17, 15) is 14.7 Å². The zero-order chi connectivity index (χ0) is 24.0. The van der Waals surface area contributed by atoms with Gasteiger partial charge in [0.05, 0.1) is 22.5 Å². The molecule has 0 aliphatic carbocycles. The van der Waals surface area contributed by atoms with Gasteiger partial charge in [0, 0.05) is 23.6 Å². The summed E-state index contributed by atoms with van der Waals surface area (Å²) < 4.78 is 12.6. The summed E-state index contributed by atoms with van der Waals surface area (Å²) in [6.07, 6.45) is -0.554. The Kier molecular flexibility index (Phi) is 4.61. The largest absolute Gasteiger partial charge is 0.458 e. The van der Waals surface area contributed by atoms with Gasteiger partial charge in [-0.3, -0.25) is 9.36 Å². The molecular formula is C26H28N2O5. The van der Waals surface area contributed by atoms with Crippen LogP contribution < -0.4 is 5.56 Å². The van der Waals surface area contributed by atoms with Crippen molar-refractivity contribution in [2.75, 3.05) is 7.11 Å². The molecule has 1 N–H and O–H groups in total. The lowest BCUT2D eigenvalue weighted by Gasteiger charge is -2.32. The number of ether oxygens (including phenoxy) is 2. The highest BCUT2D eigenvalue weighted by molar-refractivity contribution is 5.94. The zero-order valence-electron chi connectivity index (χ0n) is 20.0. The van der Waals surface area contributed by atoms with Crippen LogP contribution in [0.3, 0.4) is 0 Å². The molecular weight excluding hydrogens is 420 g/mol. The van der Waals surface area contributed by atoms with Gasteiger partial charge in [-0.15, -0.1) is 0 Å². The Hall–Kier alpha value is -3.03. The number of nitrogens with zero attached hydrogens (tertiary/aromatic N) is 2. The first kappa shape index (κ1) is 21.8. The molecule has 4 heterocycles. The maximum Gasteiger partial charge on any atom is 0.343 e. The molecule has 2 aliphatic rings. The first-order valence-corrected chi connectivity index (χ1v) is 11.2. The third-order valence-corrected chi connectivity index (χ3v) is 7.84. The summed E-state index contributed by atoms with van der Waals surface area (Å²) in [5.74, 6) is -0.733. The van der Waals surface area contributed by atoms with Gasteiger partial charge in [0.25, 0.3) is 5.56 Å². The first-order chi connectivity index (χ1) is 15.6. The molecule has 7 nitrogen and oxygen atoms in total. The van der Waals surface area contributed by atoms with Crippen molar-refractivity contribution in [2.24, 2.45) is 0 Å². The number of fused-ring (bicyclic) bond motifs is 5. The standard InChI is InChI=1S/C26H28N2O5/c1-8-26(31)17-9-18-22-20(24(32-7)28(18)23(29)16(17)10-33-25(26)30)15(6)19-13(4)11(2)12(3)14(5)21(19)27-22/h9,24,31H,8,10H2,1-7H3. The van der Waals surface area contributed by atoms with Crippen LogP contribution in [0.5, 0.6) is 0 Å². The molecule has 2 unspecified atom stereocenters. The van der Waals surface area contributed by atoms with Crippen LogP contribution in [0, 0.1) is 34.6 Å². The minimum atomic E-state index is -1.86. The Labute approximate surface area is 192 Å². The third-order valence-electron chi connectivity index (χ3n) is 7.84. The highest BCUT2D eigenvalue weighted by Crippen LogP contribution is 2.45. The average Bonchev–Trinajstić information content (AvgIpc) is 3.13. The smallest absolute Gasteiger partial charge is 0.343 e. The van der Waals surface area contributed by atoms with Gasteiger partial charge in [-0.1, -0.05) is 6.92 Å². The molecule has 172 valence electrons. The Morgan fingerprint density at radius 1 is 1.12 bits per heavy atom. The Bertz CT molecular complexity index is 1450. The molecule has 0 spiro atoms. The molecule has 5 rings (SSSR count). The summed E-state index contributed by atoms with van der Waals surface area (Å²) in [7, 11) is 1.57. The Balaban J connectivity index is 1.94. The van der Waals surface area contributed by atoms with E-state index in [-0.39, 0.29) is 24.2 Å². The minimum Gasteiger partial charge on any atom is -0.458 e. The Morgan fingerprint density at radius 3 is 2.42 bits per heavy atom. The van der Waals surface area contributed by atoms with Crippen LogP contribution in [0.15, 0.2) is 10.9 Å². The fraction of sp³-hybridized carbons (Fsp3) is 0.423. The fourth-order valence-electron chi connectivity index (χ4n) is 5.51. The predicted molar refractivity (Wildman–Crippen MR) is 124 cm³/mol. The van der Waals surface area contributed by atoms with Gasteiger partial charge in [-0.2, -0.15) is 0 Å². The molecule has 2 atom stereocenters. The van der Waals surface area contributed by atoms with Gasteiger partial charge in [0.2, 0.25) is 0 Å². The molecule has 2 aromatic heterocycles. The lowest BCUT2D eigenvalue weighted by Crippen LogP contribution is -2.44. The third kappa shape index (κ3) is 2.55. The summed E-state index contributed by atoms with van der Waals surface area (Å²) in [5, 5.41) is 12.2. The second kappa shape index (κ2) is 6.98. The van der Waals surface area contributed by atoms with Gasteiger partial charge in [0.1, 0.15) is 6.61 Å². The van der Waals surface area contributed by atoms with Crippen molar-refractivity contribution in [3.05, 3.63) is 60.9 Å². The Morgan fingerprint density at radius 2 is 1.79 bits per heavy atom. The molecule has 3 aromatic rings. The van der Waals surface area contributed by atoms with Gasteiger partial charge < -0.3 is 14.6 Å². The predicted octanol–water partition coefficient (Wildman–Crippen LogP) is 3.77. The van der Waals surface area contributed by atoms with Crippen molar-refractivity contribution in [1.29, 1.82) is 0 Å². The van der Waals surface area contributed by atoms with E-state index in [1.165, 1.54) is 11.1 Å². The van der Waals surface area contributed by atoms with Crippen LogP contribution in [0.25, 0.3) is 22.3 Å². The summed E-state index contributed by atoms with van der Waals surface area (Å²) in [4.78, 5) is 31.2. The fourth-order valence-corrected chi connectivity index (χ4v) is 5.51. The monoisotopic (exact) mass is 448 g/mol. The van der Waals surface area contributed by atoms with Crippen molar-refractivity contribution in [3.63, 3.8) is 0 Å². The van der Waals surface area contributed by atoms with E-state index in [0.29, 0.717) is 17.0 Å². The molecule has 0 saturated heterocycles. The van der Waals surface area contributed by atoms with Crippen LogP contribution in [0.1, 0.15) is 64.1 Å². The van der Waals surface area contributed by atoms with E-state index in [0.717, 1.165) is 33.2 Å². The van der Waals surface area contributed by atoms with Crippen molar-refractivity contribution in [2.45, 2.75) is 66.4 Å². The highest BCUT2D eigenvalue weighted by atomic mass is 16.6. The van der Waals surface area contributed by atoms with Gasteiger partial charge in [-0.25, -0.2) is 9.78 Å². The number of methoxy groups -OCH3 is 1. The molecule has 0 fully saturated rings. The number of pyridine rings is 2. The van der Waals surface area contributed by atoms with E-state index < -0.39 is 17.8 Å². The van der Waals surface area contributed by atoms with Crippen LogP contribution in [-0.2, 0) is 26.5 Å². The van der Waals surface area contributed by atoms with Crippen LogP contribution in [0.4, 0.5) is 0 Å². The van der Waals surface area contributed by atoms with E-state index in [2.05, 4.69) is 27.7 Å². The van der Waals surface area contributed by atoms with Gasteiger partial charge in [-0.05, 0) is 74.9 Å². The quantitative estimate of drug-likeness (QED) is 0.600. The number of hydrogen-bond donors (Lipinski definition) is 1. The number of aromatic nitrogens is 2. The van der Waals surface area contributed by atoms with Crippen molar-refractivity contribution in [3.8, 4) is 11.4 Å². The topological polar surface area (TPSA) is 90.7 Å². The molecule has 2 aliphatic heterocycles. The van der Waals surface area contributed by atoms with Crippen molar-refractivity contribution < 1.29 is 19.4 Å². The summed E-state index contributed by atoms with van der Waals surface area (Å²) in [6.45, 7) is 12.0. The number of benzene rings is 1. The van der Waals surface area contributed by atoms with Crippen LogP contribution in [0.2, 0.25) is 0 Å². The highest BCUT2D eigenvalue weighted by Gasteiger charge is 2.46. The number of aryl methyl sites for hydroxylation is 3. The number of esters is 1. The lowest BCUT2D eigenvalue weighted by molar-refractivity contribution is -0.172. The van der Waals surface area contributed by atoms with Gasteiger partial charge >= 0.3 is 5.97 Å². The normalized spacial score (nSPS) is 21.1. The maximum atomic E-state index is 13.7. The number of carbonyl (C=O) groups excluding carboxylic acids is 1. The molecule has 0 bridgehead atoms. The summed E-state index contributed by atoms with van der Waals surface area (Å²) in [6, 6.07) is 1.72. The van der Waals surface area contributed by atoms with Crippen molar-refractivity contribution in [1.82, 2.24) is 9.55 Å². The number of hydrogen-bond acceptors (Lipinski definition) is 6. The summed E-state index contributed by atoms with van der Waals surface area (Å²) in [5.41, 5.74) is 7.00. The number of rotatable bonds is 2. The minimum absolute atomic E-state index is 0.100. The number of aliphatic hydroxyl groups is 1. The average molecular weight is 449 g/mol.